The summed E-state index contributed by atoms with van der Waals surface area (Å²) in [5.41, 5.74) is 13.1. The van der Waals surface area contributed by atoms with Crippen molar-refractivity contribution in [2.75, 3.05) is 23.9 Å². The van der Waals surface area contributed by atoms with Gasteiger partial charge in [-0.15, -0.1) is 0 Å². The zero-order valence-corrected chi connectivity index (χ0v) is 12.8. The molecule has 4 nitrogen and oxygen atoms in total. The third kappa shape index (κ3) is 3.39. The first kappa shape index (κ1) is 15.0. The van der Waals surface area contributed by atoms with Crippen LogP contribution in [0.2, 0.25) is 0 Å². The fourth-order valence-electron chi connectivity index (χ4n) is 2.78. The first-order valence-electron chi connectivity index (χ1n) is 7.05. The minimum atomic E-state index is -0.448. The predicted molar refractivity (Wildman–Crippen MR) is 87.2 cm³/mol. The predicted octanol–water partition coefficient (Wildman–Crippen LogP) is 2.85. The van der Waals surface area contributed by atoms with Gasteiger partial charge in [-0.25, -0.2) is 0 Å². The van der Waals surface area contributed by atoms with Gasteiger partial charge < -0.3 is 16.8 Å². The van der Waals surface area contributed by atoms with Crippen LogP contribution in [0.4, 0.5) is 11.4 Å². The zero-order chi connectivity index (χ0) is 14.6. The number of carbonyl (C=O) groups excluding carboxylic acids is 1. The SMILES string of the molecule is CSC1(CNc2ccc(C(N)=O)cc2N)CCCCC1. The van der Waals surface area contributed by atoms with Crippen molar-refractivity contribution in [1.82, 2.24) is 0 Å². The maximum atomic E-state index is 11.1. The number of nitrogen functional groups attached to an aromatic ring is 1. The molecular formula is C15H23N3OS. The minimum Gasteiger partial charge on any atom is -0.397 e. The van der Waals surface area contributed by atoms with Crippen LogP contribution in [-0.4, -0.2) is 23.5 Å². The molecule has 1 aliphatic carbocycles. The summed E-state index contributed by atoms with van der Waals surface area (Å²) in [4.78, 5) is 11.1. The van der Waals surface area contributed by atoms with Crippen LogP contribution in [-0.2, 0) is 0 Å². The Bertz CT molecular complexity index is 484. The second-order valence-corrected chi connectivity index (χ2v) is 6.74. The van der Waals surface area contributed by atoms with Gasteiger partial charge in [0.2, 0.25) is 5.91 Å². The van der Waals surface area contributed by atoms with E-state index in [-0.39, 0.29) is 0 Å². The highest BCUT2D eigenvalue weighted by Crippen LogP contribution is 2.39. The number of hydrogen-bond acceptors (Lipinski definition) is 4. The zero-order valence-electron chi connectivity index (χ0n) is 11.9. The van der Waals surface area contributed by atoms with Gasteiger partial charge in [0, 0.05) is 16.9 Å². The molecule has 0 radical (unpaired) electrons. The van der Waals surface area contributed by atoms with Gasteiger partial charge in [-0.3, -0.25) is 4.79 Å². The van der Waals surface area contributed by atoms with Crippen LogP contribution in [0.5, 0.6) is 0 Å². The minimum absolute atomic E-state index is 0.313. The van der Waals surface area contributed by atoms with Crippen molar-refractivity contribution >= 4 is 29.0 Å². The van der Waals surface area contributed by atoms with Crippen LogP contribution >= 0.6 is 11.8 Å². The van der Waals surface area contributed by atoms with E-state index in [1.165, 1.54) is 32.1 Å². The van der Waals surface area contributed by atoms with E-state index in [0.29, 0.717) is 16.0 Å². The van der Waals surface area contributed by atoms with Crippen molar-refractivity contribution in [3.63, 3.8) is 0 Å². The molecule has 2 rings (SSSR count). The molecule has 20 heavy (non-hydrogen) atoms. The van der Waals surface area contributed by atoms with Gasteiger partial charge in [0.05, 0.1) is 11.4 Å². The summed E-state index contributed by atoms with van der Waals surface area (Å²) < 4.78 is 0.313. The van der Waals surface area contributed by atoms with Gasteiger partial charge in [0.25, 0.3) is 0 Å². The number of hydrogen-bond donors (Lipinski definition) is 3. The van der Waals surface area contributed by atoms with Crippen LogP contribution in [0.15, 0.2) is 18.2 Å². The first-order chi connectivity index (χ1) is 9.56. The summed E-state index contributed by atoms with van der Waals surface area (Å²) in [5.74, 6) is -0.448. The molecular weight excluding hydrogens is 270 g/mol. The molecule has 0 bridgehead atoms. The smallest absolute Gasteiger partial charge is 0.248 e. The van der Waals surface area contributed by atoms with Gasteiger partial charge in [0.15, 0.2) is 0 Å². The van der Waals surface area contributed by atoms with Crippen LogP contribution < -0.4 is 16.8 Å². The molecule has 0 atom stereocenters. The number of thioether (sulfide) groups is 1. The highest BCUT2D eigenvalue weighted by Gasteiger charge is 2.30. The maximum Gasteiger partial charge on any atom is 0.248 e. The molecule has 0 saturated heterocycles. The molecule has 0 aromatic heterocycles. The summed E-state index contributed by atoms with van der Waals surface area (Å²) in [5, 5.41) is 3.44. The maximum absolute atomic E-state index is 11.1. The molecule has 1 amide bonds. The molecule has 1 aromatic carbocycles. The third-order valence-electron chi connectivity index (χ3n) is 4.13. The van der Waals surface area contributed by atoms with Crippen LogP contribution in [0.25, 0.3) is 0 Å². The Morgan fingerprint density at radius 3 is 2.60 bits per heavy atom. The van der Waals surface area contributed by atoms with Crippen molar-refractivity contribution in [1.29, 1.82) is 0 Å². The van der Waals surface area contributed by atoms with Crippen LogP contribution in [0, 0.1) is 0 Å². The van der Waals surface area contributed by atoms with Gasteiger partial charge in [-0.2, -0.15) is 11.8 Å². The second-order valence-electron chi connectivity index (χ2n) is 5.47. The number of benzene rings is 1. The summed E-state index contributed by atoms with van der Waals surface area (Å²) >= 11 is 1.95. The molecule has 1 aromatic rings. The van der Waals surface area contributed by atoms with Crippen molar-refractivity contribution in [2.24, 2.45) is 5.73 Å². The molecule has 0 unspecified atom stereocenters. The Kier molecular flexibility index (Phi) is 4.81. The molecule has 5 heteroatoms. The van der Waals surface area contributed by atoms with Crippen molar-refractivity contribution in [3.05, 3.63) is 23.8 Å². The van der Waals surface area contributed by atoms with Crippen LogP contribution in [0.3, 0.4) is 0 Å². The Morgan fingerprint density at radius 2 is 2.05 bits per heavy atom. The van der Waals surface area contributed by atoms with Crippen molar-refractivity contribution in [3.8, 4) is 0 Å². The molecule has 0 spiro atoms. The van der Waals surface area contributed by atoms with E-state index >= 15 is 0 Å². The lowest BCUT2D eigenvalue weighted by molar-refractivity contribution is 0.100. The summed E-state index contributed by atoms with van der Waals surface area (Å²) in [6, 6.07) is 5.19. The summed E-state index contributed by atoms with van der Waals surface area (Å²) in [6.45, 7) is 0.911. The van der Waals surface area contributed by atoms with Gasteiger partial charge in [-0.1, -0.05) is 19.3 Å². The fraction of sp³-hybridized carbons (Fsp3) is 0.533. The summed E-state index contributed by atoms with van der Waals surface area (Å²) in [6.07, 6.45) is 8.64. The highest BCUT2D eigenvalue weighted by molar-refractivity contribution is 8.00. The van der Waals surface area contributed by atoms with E-state index in [2.05, 4.69) is 11.6 Å². The van der Waals surface area contributed by atoms with E-state index in [4.69, 9.17) is 11.5 Å². The van der Waals surface area contributed by atoms with E-state index in [1.807, 2.05) is 17.8 Å². The topological polar surface area (TPSA) is 81.1 Å². The Balaban J connectivity index is 2.04. The number of anilines is 2. The van der Waals surface area contributed by atoms with Gasteiger partial charge in [0.1, 0.15) is 0 Å². The Labute approximate surface area is 124 Å². The number of nitrogens with one attached hydrogen (secondary N) is 1. The highest BCUT2D eigenvalue weighted by atomic mass is 32.2. The van der Waals surface area contributed by atoms with Gasteiger partial charge >= 0.3 is 0 Å². The lowest BCUT2D eigenvalue weighted by atomic mass is 9.88. The standard InChI is InChI=1S/C15H23N3OS/c1-20-15(7-3-2-4-8-15)10-18-13-6-5-11(14(17)19)9-12(13)16/h5-6,9,18H,2-4,7-8,10,16H2,1H3,(H2,17,19). The molecule has 1 saturated carbocycles. The lowest BCUT2D eigenvalue weighted by Crippen LogP contribution is -2.35. The van der Waals surface area contributed by atoms with E-state index in [9.17, 15) is 4.79 Å². The van der Waals surface area contributed by atoms with Crippen molar-refractivity contribution in [2.45, 2.75) is 36.9 Å². The molecule has 0 heterocycles. The fourth-order valence-corrected chi connectivity index (χ4v) is 3.70. The van der Waals surface area contributed by atoms with Gasteiger partial charge in [-0.05, 0) is 37.3 Å². The van der Waals surface area contributed by atoms with Crippen molar-refractivity contribution < 1.29 is 4.79 Å². The largest absolute Gasteiger partial charge is 0.397 e. The average molecular weight is 293 g/mol. The number of amides is 1. The average Bonchev–Trinajstić information content (AvgIpc) is 2.47. The normalized spacial score (nSPS) is 17.6. The molecule has 110 valence electrons. The Morgan fingerprint density at radius 1 is 1.35 bits per heavy atom. The van der Waals surface area contributed by atoms with E-state index in [1.54, 1.807) is 12.1 Å². The van der Waals surface area contributed by atoms with Crippen LogP contribution in [0.1, 0.15) is 42.5 Å². The number of primary amides is 1. The van der Waals surface area contributed by atoms with E-state index in [0.717, 1.165) is 12.2 Å². The first-order valence-corrected chi connectivity index (χ1v) is 8.27. The number of rotatable bonds is 5. The van der Waals surface area contributed by atoms with E-state index < -0.39 is 5.91 Å². The monoisotopic (exact) mass is 293 g/mol. The third-order valence-corrected chi connectivity index (χ3v) is 5.55. The number of nitrogens with two attached hydrogens (primary N) is 2. The number of carbonyl (C=O) groups is 1. The second kappa shape index (κ2) is 6.39. The quantitative estimate of drug-likeness (QED) is 0.729. The Hall–Kier alpha value is -1.36. The molecule has 5 N–H and O–H groups in total. The lowest BCUT2D eigenvalue weighted by Gasteiger charge is -2.36. The molecule has 1 fully saturated rings. The molecule has 1 aliphatic rings. The molecule has 0 aliphatic heterocycles. The summed E-state index contributed by atoms with van der Waals surface area (Å²) in [7, 11) is 0.